The van der Waals surface area contributed by atoms with E-state index in [9.17, 15) is 5.11 Å². The Balaban J connectivity index is 2.06. The first kappa shape index (κ1) is 14.2. The summed E-state index contributed by atoms with van der Waals surface area (Å²) < 4.78 is 0. The molecule has 2 aromatic carbocycles. The van der Waals surface area contributed by atoms with Gasteiger partial charge in [0.15, 0.2) is 0 Å². The van der Waals surface area contributed by atoms with Crippen LogP contribution >= 0.6 is 0 Å². The second-order valence-corrected chi connectivity index (χ2v) is 6.26. The molecule has 1 nitrogen and oxygen atoms in total. The van der Waals surface area contributed by atoms with Crippen LogP contribution in [0.25, 0.3) is 0 Å². The van der Waals surface area contributed by atoms with E-state index in [-0.39, 0.29) is 5.41 Å². The van der Waals surface area contributed by atoms with Crippen LogP contribution in [-0.4, -0.2) is 5.11 Å². The van der Waals surface area contributed by atoms with Gasteiger partial charge in [0.05, 0.1) is 0 Å². The molecule has 0 amide bonds. The minimum Gasteiger partial charge on any atom is -0.508 e. The smallest absolute Gasteiger partial charge is 0.115 e. The second-order valence-electron chi connectivity index (χ2n) is 6.26. The summed E-state index contributed by atoms with van der Waals surface area (Å²) in [5.74, 6) is 0.354. The first-order chi connectivity index (χ1) is 10.3. The molecule has 0 aromatic heterocycles. The molecule has 0 atom stereocenters. The Morgan fingerprint density at radius 1 is 0.619 bits per heavy atom. The monoisotopic (exact) mass is 280 g/mol. The van der Waals surface area contributed by atoms with Crippen molar-refractivity contribution in [3.8, 4) is 5.75 Å². The summed E-state index contributed by atoms with van der Waals surface area (Å²) in [6, 6.07) is 18.8. The third-order valence-corrected chi connectivity index (χ3v) is 4.95. The summed E-state index contributed by atoms with van der Waals surface area (Å²) >= 11 is 0. The van der Waals surface area contributed by atoms with Crippen molar-refractivity contribution >= 4 is 0 Å². The van der Waals surface area contributed by atoms with E-state index in [2.05, 4.69) is 42.5 Å². The molecule has 1 N–H and O–H groups in total. The van der Waals surface area contributed by atoms with Crippen molar-refractivity contribution in [2.75, 3.05) is 0 Å². The third kappa shape index (κ3) is 2.97. The Kier molecular flexibility index (Phi) is 4.28. The summed E-state index contributed by atoms with van der Waals surface area (Å²) in [5.41, 5.74) is 2.90. The predicted octanol–water partition coefficient (Wildman–Crippen LogP) is 5.42. The number of hydrogen-bond donors (Lipinski definition) is 1. The molecule has 3 rings (SSSR count). The molecule has 0 aliphatic heterocycles. The molecule has 0 spiro atoms. The minimum atomic E-state index is 0.120. The molecule has 0 heterocycles. The maximum Gasteiger partial charge on any atom is 0.115 e. The second kappa shape index (κ2) is 6.34. The molecule has 0 radical (unpaired) electrons. The van der Waals surface area contributed by atoms with E-state index < -0.39 is 0 Å². The Labute approximate surface area is 127 Å². The molecule has 1 heteroatoms. The fourth-order valence-electron chi connectivity index (χ4n) is 3.79. The van der Waals surface area contributed by atoms with Crippen LogP contribution in [0.1, 0.15) is 56.1 Å². The van der Waals surface area contributed by atoms with Gasteiger partial charge in [-0.25, -0.2) is 0 Å². The van der Waals surface area contributed by atoms with Crippen LogP contribution in [-0.2, 0) is 5.41 Å². The highest BCUT2D eigenvalue weighted by molar-refractivity contribution is 5.41. The maximum absolute atomic E-state index is 9.61. The summed E-state index contributed by atoms with van der Waals surface area (Å²) in [7, 11) is 0. The highest BCUT2D eigenvalue weighted by Crippen LogP contribution is 2.43. The van der Waals surface area contributed by atoms with Gasteiger partial charge in [0.25, 0.3) is 0 Å². The molecule has 1 aliphatic rings. The van der Waals surface area contributed by atoms with Crippen molar-refractivity contribution in [1.82, 2.24) is 0 Å². The molecule has 1 aliphatic carbocycles. The lowest BCUT2D eigenvalue weighted by molar-refractivity contribution is 0.366. The molecule has 21 heavy (non-hydrogen) atoms. The lowest BCUT2D eigenvalue weighted by Crippen LogP contribution is -2.28. The van der Waals surface area contributed by atoms with Gasteiger partial charge in [-0.3, -0.25) is 0 Å². The number of aromatic hydroxyl groups is 1. The van der Waals surface area contributed by atoms with Crippen LogP contribution in [0.3, 0.4) is 0 Å². The van der Waals surface area contributed by atoms with E-state index in [0.717, 1.165) is 0 Å². The Hall–Kier alpha value is -1.76. The van der Waals surface area contributed by atoms with Gasteiger partial charge in [-0.15, -0.1) is 0 Å². The standard InChI is InChI=1S/C20H24O/c21-19-13-11-18(12-14-19)20(17-9-5-4-6-10-17)15-7-2-1-3-8-16-20/h4-6,9-14,21H,1-3,7-8,15-16H2. The Morgan fingerprint density at radius 3 is 1.76 bits per heavy atom. The van der Waals surface area contributed by atoms with Gasteiger partial charge in [-0.05, 0) is 36.1 Å². The van der Waals surface area contributed by atoms with Crippen molar-refractivity contribution in [3.05, 3.63) is 65.7 Å². The highest BCUT2D eigenvalue weighted by atomic mass is 16.3. The summed E-state index contributed by atoms with van der Waals surface area (Å²) in [4.78, 5) is 0. The SMILES string of the molecule is Oc1ccc(C2(c3ccccc3)CCCCCCC2)cc1. The van der Waals surface area contributed by atoms with E-state index in [1.165, 1.54) is 56.1 Å². The Bertz CT molecular complexity index is 548. The quantitative estimate of drug-likeness (QED) is 0.778. The van der Waals surface area contributed by atoms with E-state index in [0.29, 0.717) is 5.75 Å². The lowest BCUT2D eigenvalue weighted by Gasteiger charge is -2.37. The molecule has 1 fully saturated rings. The van der Waals surface area contributed by atoms with Gasteiger partial charge in [-0.2, -0.15) is 0 Å². The van der Waals surface area contributed by atoms with Gasteiger partial charge < -0.3 is 5.11 Å². The van der Waals surface area contributed by atoms with Crippen molar-refractivity contribution < 1.29 is 5.11 Å². The first-order valence-electron chi connectivity index (χ1n) is 8.16. The number of rotatable bonds is 2. The predicted molar refractivity (Wildman–Crippen MR) is 87.6 cm³/mol. The maximum atomic E-state index is 9.61. The summed E-state index contributed by atoms with van der Waals surface area (Å²) in [5, 5.41) is 9.61. The molecular formula is C20H24O. The van der Waals surface area contributed by atoms with Crippen molar-refractivity contribution in [3.63, 3.8) is 0 Å². The molecular weight excluding hydrogens is 256 g/mol. The number of phenolic OH excluding ortho intramolecular Hbond substituents is 1. The summed E-state index contributed by atoms with van der Waals surface area (Å²) in [6.07, 6.45) is 9.05. The van der Waals surface area contributed by atoms with E-state index in [1.54, 1.807) is 0 Å². The lowest BCUT2D eigenvalue weighted by atomic mass is 9.67. The minimum absolute atomic E-state index is 0.120. The van der Waals surface area contributed by atoms with Crippen molar-refractivity contribution in [1.29, 1.82) is 0 Å². The molecule has 110 valence electrons. The third-order valence-electron chi connectivity index (χ3n) is 4.95. The van der Waals surface area contributed by atoms with Crippen LogP contribution in [0, 0.1) is 0 Å². The summed E-state index contributed by atoms with van der Waals surface area (Å²) in [6.45, 7) is 0. The first-order valence-corrected chi connectivity index (χ1v) is 8.16. The highest BCUT2D eigenvalue weighted by Gasteiger charge is 2.33. The van der Waals surface area contributed by atoms with Gasteiger partial charge in [0.1, 0.15) is 5.75 Å². The number of benzene rings is 2. The molecule has 2 aromatic rings. The molecule has 0 unspecified atom stereocenters. The van der Waals surface area contributed by atoms with Crippen LogP contribution in [0.15, 0.2) is 54.6 Å². The number of phenols is 1. The largest absolute Gasteiger partial charge is 0.508 e. The van der Waals surface area contributed by atoms with E-state index >= 15 is 0 Å². The van der Waals surface area contributed by atoms with Crippen molar-refractivity contribution in [2.45, 2.75) is 50.4 Å². The normalized spacial score (nSPS) is 18.7. The topological polar surface area (TPSA) is 20.2 Å². The average Bonchev–Trinajstić information content (AvgIpc) is 2.50. The fourth-order valence-corrected chi connectivity index (χ4v) is 3.79. The zero-order valence-electron chi connectivity index (χ0n) is 12.6. The van der Waals surface area contributed by atoms with Gasteiger partial charge >= 0.3 is 0 Å². The van der Waals surface area contributed by atoms with Gasteiger partial charge in [0, 0.05) is 5.41 Å². The molecule has 1 saturated carbocycles. The van der Waals surface area contributed by atoms with Crippen LogP contribution in [0.4, 0.5) is 0 Å². The Morgan fingerprint density at radius 2 is 1.14 bits per heavy atom. The zero-order chi connectivity index (χ0) is 14.5. The van der Waals surface area contributed by atoms with E-state index in [1.807, 2.05) is 12.1 Å². The van der Waals surface area contributed by atoms with Crippen LogP contribution in [0.2, 0.25) is 0 Å². The number of hydrogen-bond acceptors (Lipinski definition) is 1. The van der Waals surface area contributed by atoms with Crippen LogP contribution < -0.4 is 0 Å². The van der Waals surface area contributed by atoms with Gasteiger partial charge in [0.2, 0.25) is 0 Å². The van der Waals surface area contributed by atoms with Gasteiger partial charge in [-0.1, -0.05) is 74.6 Å². The fraction of sp³-hybridized carbons (Fsp3) is 0.400. The van der Waals surface area contributed by atoms with Crippen LogP contribution in [0.5, 0.6) is 5.75 Å². The molecule has 0 bridgehead atoms. The average molecular weight is 280 g/mol. The zero-order valence-corrected chi connectivity index (χ0v) is 12.6. The van der Waals surface area contributed by atoms with Crippen molar-refractivity contribution in [2.24, 2.45) is 0 Å². The molecule has 0 saturated heterocycles. The van der Waals surface area contributed by atoms with E-state index in [4.69, 9.17) is 0 Å².